The van der Waals surface area contributed by atoms with Gasteiger partial charge in [0, 0.05) is 0 Å². The maximum Gasteiger partial charge on any atom is 0.206 e. The monoisotopic (exact) mass is 386 g/mol. The van der Waals surface area contributed by atoms with E-state index < -0.39 is 24.5 Å². The molecule has 1 aromatic carbocycles. The topological polar surface area (TPSA) is 87.7 Å². The molecule has 1 fully saturated rings. The summed E-state index contributed by atoms with van der Waals surface area (Å²) < 4.78 is 6.36. The minimum absolute atomic E-state index is 0.0838. The van der Waals surface area contributed by atoms with Gasteiger partial charge in [0.05, 0.1) is 33.8 Å². The normalized spacial score (nSPS) is 28.7. The molecule has 0 spiro atoms. The van der Waals surface area contributed by atoms with Gasteiger partial charge in [-0.25, -0.2) is 4.98 Å². The van der Waals surface area contributed by atoms with Gasteiger partial charge in [-0.2, -0.15) is 0 Å². The summed E-state index contributed by atoms with van der Waals surface area (Å²) in [7, 11) is 0. The second-order valence-electron chi connectivity index (χ2n) is 4.93. The van der Waals surface area contributed by atoms with Crippen LogP contribution in [0, 0.1) is 0 Å². The van der Waals surface area contributed by atoms with Crippen molar-refractivity contribution in [1.29, 1.82) is 0 Å². The number of halogens is 4. The number of rotatable bonds is 2. The van der Waals surface area contributed by atoms with Crippen molar-refractivity contribution in [3.63, 3.8) is 0 Å². The second kappa shape index (κ2) is 5.65. The Hall–Kier alpha value is -0.310. The third kappa shape index (κ3) is 2.22. The van der Waals surface area contributed by atoms with Crippen LogP contribution >= 0.6 is 46.4 Å². The summed E-state index contributed by atoms with van der Waals surface area (Å²) in [5.74, 6) is 0. The molecule has 1 aliphatic heterocycles. The third-order valence-electron chi connectivity index (χ3n) is 3.65. The zero-order valence-corrected chi connectivity index (χ0v) is 13.8. The minimum Gasteiger partial charge on any atom is -0.394 e. The molecule has 1 aliphatic rings. The Balaban J connectivity index is 2.26. The van der Waals surface area contributed by atoms with Crippen LogP contribution in [-0.4, -0.2) is 50.3 Å². The van der Waals surface area contributed by atoms with E-state index in [1.54, 1.807) is 0 Å². The molecule has 0 radical (unpaired) electrons. The van der Waals surface area contributed by atoms with Crippen molar-refractivity contribution in [2.24, 2.45) is 0 Å². The van der Waals surface area contributed by atoms with Gasteiger partial charge in [0.2, 0.25) is 5.28 Å². The summed E-state index contributed by atoms with van der Waals surface area (Å²) in [5, 5.41) is 30.4. The van der Waals surface area contributed by atoms with Crippen LogP contribution in [-0.2, 0) is 10.5 Å². The van der Waals surface area contributed by atoms with Crippen molar-refractivity contribution >= 4 is 57.4 Å². The first-order chi connectivity index (χ1) is 10.3. The molecule has 0 unspecified atom stereocenters. The van der Waals surface area contributed by atoms with E-state index in [0.29, 0.717) is 0 Å². The number of aliphatic hydroxyl groups is 3. The van der Waals surface area contributed by atoms with Gasteiger partial charge < -0.3 is 20.1 Å². The average Bonchev–Trinajstić information content (AvgIpc) is 2.95. The molecule has 2 aromatic rings. The first-order valence-corrected chi connectivity index (χ1v) is 7.67. The van der Waals surface area contributed by atoms with Gasteiger partial charge >= 0.3 is 0 Å². The number of fused-ring (bicyclic) bond motifs is 1. The fourth-order valence-electron chi connectivity index (χ4n) is 2.51. The molecule has 22 heavy (non-hydrogen) atoms. The Bertz CT molecular complexity index is 753. The molecule has 0 amide bonds. The zero-order chi connectivity index (χ0) is 16.2. The largest absolute Gasteiger partial charge is 0.394 e. The minimum atomic E-state index is -1.92. The third-order valence-corrected chi connectivity index (χ3v) is 5.15. The molecular formula is C12H10Cl4N2O4. The molecule has 0 aliphatic carbocycles. The molecule has 2 heterocycles. The van der Waals surface area contributed by atoms with Crippen LogP contribution in [0.5, 0.6) is 0 Å². The van der Waals surface area contributed by atoms with E-state index in [9.17, 15) is 10.2 Å². The lowest BCUT2D eigenvalue weighted by Gasteiger charge is -2.28. The number of hydrogen-bond donors (Lipinski definition) is 3. The van der Waals surface area contributed by atoms with E-state index in [4.69, 9.17) is 56.2 Å². The standard InChI is InChI=1S/C12H10Cl4N2O4/c13-4-1-5-9(8(15)7(4)14)17-11(16)18(5)12(21)3-22-6(2-19)10(12)20/h1,6,10,19-21H,2-3H2/t6-,10-,12-/m1/s1. The van der Waals surface area contributed by atoms with E-state index in [2.05, 4.69) is 4.98 Å². The van der Waals surface area contributed by atoms with Gasteiger partial charge in [-0.3, -0.25) is 4.57 Å². The summed E-state index contributed by atoms with van der Waals surface area (Å²) in [6, 6.07) is 1.43. The van der Waals surface area contributed by atoms with Crippen molar-refractivity contribution in [2.45, 2.75) is 17.9 Å². The molecule has 1 aromatic heterocycles. The number of benzene rings is 1. The molecule has 6 nitrogen and oxygen atoms in total. The quantitative estimate of drug-likeness (QED) is 0.686. The van der Waals surface area contributed by atoms with Crippen molar-refractivity contribution in [1.82, 2.24) is 9.55 Å². The van der Waals surface area contributed by atoms with E-state index in [-0.39, 0.29) is 38.0 Å². The van der Waals surface area contributed by atoms with Gasteiger partial charge in [0.15, 0.2) is 5.72 Å². The highest BCUT2D eigenvalue weighted by Crippen LogP contribution is 2.41. The second-order valence-corrected chi connectivity index (χ2v) is 6.43. The first kappa shape index (κ1) is 16.5. The highest BCUT2D eigenvalue weighted by Gasteiger charge is 2.51. The van der Waals surface area contributed by atoms with E-state index in [0.717, 1.165) is 4.57 Å². The van der Waals surface area contributed by atoms with Crippen LogP contribution in [0.25, 0.3) is 11.0 Å². The molecule has 120 valence electrons. The van der Waals surface area contributed by atoms with Gasteiger partial charge in [0.1, 0.15) is 17.7 Å². The molecular weight excluding hydrogens is 378 g/mol. The fraction of sp³-hybridized carbons (Fsp3) is 0.417. The van der Waals surface area contributed by atoms with Crippen molar-refractivity contribution < 1.29 is 20.1 Å². The average molecular weight is 388 g/mol. The molecule has 3 rings (SSSR count). The highest BCUT2D eigenvalue weighted by molar-refractivity contribution is 6.50. The molecule has 0 saturated carbocycles. The van der Waals surface area contributed by atoms with Crippen LogP contribution < -0.4 is 0 Å². The van der Waals surface area contributed by atoms with Crippen molar-refractivity contribution in [2.75, 3.05) is 13.2 Å². The van der Waals surface area contributed by atoms with E-state index in [1.165, 1.54) is 6.07 Å². The fourth-order valence-corrected chi connectivity index (χ4v) is 3.47. The summed E-state index contributed by atoms with van der Waals surface area (Å²) in [6.45, 7) is -0.747. The number of ether oxygens (including phenoxy) is 1. The maximum atomic E-state index is 10.8. The van der Waals surface area contributed by atoms with Crippen molar-refractivity contribution in [3.05, 3.63) is 26.4 Å². The SMILES string of the molecule is OC[C@H]1OC[C@](O)(n2c(Cl)nc3c(Cl)c(Cl)c(Cl)cc32)[C@@H]1O. The van der Waals surface area contributed by atoms with Gasteiger partial charge in [-0.05, 0) is 17.7 Å². The Kier molecular flexibility index (Phi) is 4.25. The summed E-state index contributed by atoms with van der Waals surface area (Å²) in [6.07, 6.45) is -2.36. The Labute approximate surface area is 144 Å². The number of hydrogen-bond acceptors (Lipinski definition) is 5. The van der Waals surface area contributed by atoms with Crippen LogP contribution in [0.1, 0.15) is 0 Å². The van der Waals surface area contributed by atoms with Crippen LogP contribution in [0.3, 0.4) is 0 Å². The predicted octanol–water partition coefficient (Wildman–Crippen LogP) is 2.05. The van der Waals surface area contributed by atoms with Crippen LogP contribution in [0.4, 0.5) is 0 Å². The Morgan fingerprint density at radius 2 is 2.00 bits per heavy atom. The number of imidazole rings is 1. The maximum absolute atomic E-state index is 10.8. The van der Waals surface area contributed by atoms with Crippen molar-refractivity contribution in [3.8, 4) is 0 Å². The summed E-state index contributed by atoms with van der Waals surface area (Å²) in [4.78, 5) is 4.05. The molecule has 3 atom stereocenters. The number of aliphatic hydroxyl groups excluding tert-OH is 2. The Morgan fingerprint density at radius 3 is 2.59 bits per heavy atom. The lowest BCUT2D eigenvalue weighted by atomic mass is 10.1. The molecule has 1 saturated heterocycles. The molecule has 3 N–H and O–H groups in total. The zero-order valence-electron chi connectivity index (χ0n) is 10.8. The summed E-state index contributed by atoms with van der Waals surface area (Å²) in [5.41, 5.74) is -1.40. The lowest BCUT2D eigenvalue weighted by Crippen LogP contribution is -2.47. The van der Waals surface area contributed by atoms with Crippen LogP contribution in [0.15, 0.2) is 6.07 Å². The van der Waals surface area contributed by atoms with Crippen LogP contribution in [0.2, 0.25) is 20.4 Å². The highest BCUT2D eigenvalue weighted by atomic mass is 35.5. The Morgan fingerprint density at radius 1 is 1.32 bits per heavy atom. The lowest BCUT2D eigenvalue weighted by molar-refractivity contribution is -0.109. The number of aromatic nitrogens is 2. The molecule has 10 heteroatoms. The first-order valence-electron chi connectivity index (χ1n) is 6.16. The smallest absolute Gasteiger partial charge is 0.206 e. The number of nitrogens with zero attached hydrogens (tertiary/aromatic N) is 2. The van der Waals surface area contributed by atoms with Gasteiger partial charge in [0.25, 0.3) is 0 Å². The van der Waals surface area contributed by atoms with E-state index in [1.807, 2.05) is 0 Å². The molecule has 0 bridgehead atoms. The predicted molar refractivity (Wildman–Crippen MR) is 82.8 cm³/mol. The van der Waals surface area contributed by atoms with E-state index >= 15 is 0 Å². The summed E-state index contributed by atoms with van der Waals surface area (Å²) >= 11 is 24.1. The van der Waals surface area contributed by atoms with Gasteiger partial charge in [-0.15, -0.1) is 0 Å². The van der Waals surface area contributed by atoms with Gasteiger partial charge in [-0.1, -0.05) is 34.8 Å².